The minimum Gasteiger partial charge on any atom is -0.468 e. The summed E-state index contributed by atoms with van der Waals surface area (Å²) in [5, 5.41) is 10.7. The van der Waals surface area contributed by atoms with Crippen molar-refractivity contribution in [2.45, 2.75) is 12.8 Å². The molecule has 2 aromatic rings. The van der Waals surface area contributed by atoms with Crippen molar-refractivity contribution in [3.05, 3.63) is 42.0 Å². The van der Waals surface area contributed by atoms with Crippen molar-refractivity contribution in [1.82, 2.24) is 0 Å². The predicted molar refractivity (Wildman–Crippen MR) is 69.3 cm³/mol. The summed E-state index contributed by atoms with van der Waals surface area (Å²) < 4.78 is 5.05. The van der Waals surface area contributed by atoms with E-state index in [0.717, 1.165) is 16.3 Å². The second-order valence-corrected chi connectivity index (χ2v) is 4.13. The number of rotatable bonds is 4. The SMILES string of the molecule is C[C@@H](C(N)=O)c1cccc2ccc(OCO)cc12. The molecule has 0 unspecified atom stereocenters. The Balaban J connectivity index is 2.58. The lowest BCUT2D eigenvalue weighted by molar-refractivity contribution is -0.119. The zero-order chi connectivity index (χ0) is 13.1. The standard InChI is InChI=1S/C14H15NO3/c1-9(14(15)17)12-4-2-3-10-5-6-11(18-8-16)7-13(10)12/h2-7,9,16H,8H2,1H3,(H2,15,17)/t9-/m1/s1. The largest absolute Gasteiger partial charge is 0.468 e. The number of primary amides is 1. The van der Waals surface area contributed by atoms with E-state index in [-0.39, 0.29) is 18.6 Å². The summed E-state index contributed by atoms with van der Waals surface area (Å²) in [7, 11) is 0. The zero-order valence-electron chi connectivity index (χ0n) is 10.1. The van der Waals surface area contributed by atoms with Gasteiger partial charge in [0.05, 0.1) is 5.92 Å². The molecule has 1 amide bonds. The molecular weight excluding hydrogens is 230 g/mol. The molecule has 0 fully saturated rings. The van der Waals surface area contributed by atoms with Gasteiger partial charge in [-0.15, -0.1) is 0 Å². The van der Waals surface area contributed by atoms with E-state index in [0.29, 0.717) is 5.75 Å². The monoisotopic (exact) mass is 245 g/mol. The molecule has 0 aliphatic heterocycles. The van der Waals surface area contributed by atoms with Crippen LogP contribution in [0.15, 0.2) is 36.4 Å². The van der Waals surface area contributed by atoms with Crippen LogP contribution in [0, 0.1) is 0 Å². The van der Waals surface area contributed by atoms with Crippen molar-refractivity contribution in [1.29, 1.82) is 0 Å². The summed E-state index contributed by atoms with van der Waals surface area (Å²) in [5.74, 6) is -0.164. The summed E-state index contributed by atoms with van der Waals surface area (Å²) in [4.78, 5) is 11.3. The molecule has 0 bridgehead atoms. The summed E-state index contributed by atoms with van der Waals surface area (Å²) >= 11 is 0. The molecule has 18 heavy (non-hydrogen) atoms. The molecule has 1 atom stereocenters. The third-order valence-corrected chi connectivity index (χ3v) is 3.01. The first-order valence-electron chi connectivity index (χ1n) is 5.69. The van der Waals surface area contributed by atoms with Gasteiger partial charge in [0.1, 0.15) is 5.75 Å². The van der Waals surface area contributed by atoms with Crippen LogP contribution in [0.4, 0.5) is 0 Å². The average Bonchev–Trinajstić information content (AvgIpc) is 2.37. The fourth-order valence-corrected chi connectivity index (χ4v) is 1.97. The Kier molecular flexibility index (Phi) is 3.48. The minimum absolute atomic E-state index is 0.363. The van der Waals surface area contributed by atoms with Crippen LogP contribution in [0.3, 0.4) is 0 Å². The summed E-state index contributed by atoms with van der Waals surface area (Å²) in [5.41, 5.74) is 6.21. The van der Waals surface area contributed by atoms with Crippen LogP contribution in [0.1, 0.15) is 18.4 Å². The van der Waals surface area contributed by atoms with E-state index in [4.69, 9.17) is 15.6 Å². The average molecular weight is 245 g/mol. The van der Waals surface area contributed by atoms with Gasteiger partial charge in [0.25, 0.3) is 0 Å². The number of nitrogens with two attached hydrogens (primary N) is 1. The summed E-state index contributed by atoms with van der Waals surface area (Å²) in [6, 6.07) is 11.2. The maximum Gasteiger partial charge on any atom is 0.224 e. The fourth-order valence-electron chi connectivity index (χ4n) is 1.97. The number of aliphatic hydroxyl groups excluding tert-OH is 1. The van der Waals surface area contributed by atoms with Gasteiger partial charge in [-0.05, 0) is 35.4 Å². The molecule has 0 saturated carbocycles. The van der Waals surface area contributed by atoms with Gasteiger partial charge in [0.15, 0.2) is 6.79 Å². The number of benzene rings is 2. The Morgan fingerprint density at radius 3 is 2.83 bits per heavy atom. The number of fused-ring (bicyclic) bond motifs is 1. The van der Waals surface area contributed by atoms with Gasteiger partial charge in [-0.3, -0.25) is 4.79 Å². The lowest BCUT2D eigenvalue weighted by atomic mass is 9.94. The molecular formula is C14H15NO3. The van der Waals surface area contributed by atoms with Crippen LogP contribution < -0.4 is 10.5 Å². The number of aliphatic hydroxyl groups is 1. The number of hydrogen-bond donors (Lipinski definition) is 2. The third-order valence-electron chi connectivity index (χ3n) is 3.01. The normalized spacial score (nSPS) is 12.3. The zero-order valence-corrected chi connectivity index (χ0v) is 10.1. The molecule has 3 N–H and O–H groups in total. The maximum absolute atomic E-state index is 11.3. The predicted octanol–water partition coefficient (Wildman–Crippen LogP) is 1.76. The number of amides is 1. The van der Waals surface area contributed by atoms with Crippen molar-refractivity contribution in [2.24, 2.45) is 5.73 Å². The molecule has 0 aliphatic rings. The molecule has 0 aromatic heterocycles. The van der Waals surface area contributed by atoms with Gasteiger partial charge in [0.2, 0.25) is 5.91 Å². The molecule has 0 saturated heterocycles. The van der Waals surface area contributed by atoms with Crippen molar-refractivity contribution >= 4 is 16.7 Å². The Hall–Kier alpha value is -2.07. The second kappa shape index (κ2) is 5.06. The van der Waals surface area contributed by atoms with E-state index in [1.807, 2.05) is 24.3 Å². The highest BCUT2D eigenvalue weighted by molar-refractivity contribution is 5.92. The van der Waals surface area contributed by atoms with E-state index in [1.54, 1.807) is 19.1 Å². The van der Waals surface area contributed by atoms with Gasteiger partial charge in [-0.25, -0.2) is 0 Å². The van der Waals surface area contributed by atoms with Crippen LogP contribution in [-0.4, -0.2) is 17.8 Å². The first kappa shape index (κ1) is 12.4. The summed E-state index contributed by atoms with van der Waals surface area (Å²) in [6.45, 7) is 1.40. The molecule has 0 radical (unpaired) electrons. The third kappa shape index (κ3) is 2.28. The highest BCUT2D eigenvalue weighted by atomic mass is 16.6. The van der Waals surface area contributed by atoms with Gasteiger partial charge < -0.3 is 15.6 Å². The van der Waals surface area contributed by atoms with Crippen LogP contribution in [0.5, 0.6) is 5.75 Å². The molecule has 2 rings (SSSR count). The van der Waals surface area contributed by atoms with Crippen LogP contribution in [-0.2, 0) is 4.79 Å². The highest BCUT2D eigenvalue weighted by Gasteiger charge is 2.14. The molecule has 2 aromatic carbocycles. The van der Waals surface area contributed by atoms with Crippen molar-refractivity contribution in [3.63, 3.8) is 0 Å². The lowest BCUT2D eigenvalue weighted by Crippen LogP contribution is -2.18. The number of ether oxygens (including phenoxy) is 1. The van der Waals surface area contributed by atoms with Crippen LogP contribution in [0.25, 0.3) is 10.8 Å². The first-order valence-corrected chi connectivity index (χ1v) is 5.69. The number of carbonyl (C=O) groups excluding carboxylic acids is 1. The van der Waals surface area contributed by atoms with Crippen LogP contribution >= 0.6 is 0 Å². The molecule has 4 nitrogen and oxygen atoms in total. The fraction of sp³-hybridized carbons (Fsp3) is 0.214. The topological polar surface area (TPSA) is 72.6 Å². The molecule has 0 heterocycles. The Bertz CT molecular complexity index is 580. The number of carbonyl (C=O) groups is 1. The lowest BCUT2D eigenvalue weighted by Gasteiger charge is -2.12. The second-order valence-electron chi connectivity index (χ2n) is 4.13. The molecule has 4 heteroatoms. The van der Waals surface area contributed by atoms with E-state index >= 15 is 0 Å². The van der Waals surface area contributed by atoms with E-state index in [9.17, 15) is 4.79 Å². The van der Waals surface area contributed by atoms with Crippen molar-refractivity contribution < 1.29 is 14.6 Å². The Morgan fingerprint density at radius 1 is 1.39 bits per heavy atom. The molecule has 0 aliphatic carbocycles. The summed E-state index contributed by atoms with van der Waals surface area (Å²) in [6.07, 6.45) is 0. The van der Waals surface area contributed by atoms with Crippen molar-refractivity contribution in [3.8, 4) is 5.75 Å². The van der Waals surface area contributed by atoms with E-state index in [2.05, 4.69) is 0 Å². The van der Waals surface area contributed by atoms with E-state index < -0.39 is 0 Å². The van der Waals surface area contributed by atoms with Gasteiger partial charge in [0, 0.05) is 0 Å². The van der Waals surface area contributed by atoms with Crippen LogP contribution in [0.2, 0.25) is 0 Å². The minimum atomic E-state index is -0.376. The van der Waals surface area contributed by atoms with Gasteiger partial charge in [-0.2, -0.15) is 0 Å². The number of hydrogen-bond acceptors (Lipinski definition) is 3. The highest BCUT2D eigenvalue weighted by Crippen LogP contribution is 2.28. The van der Waals surface area contributed by atoms with Crippen molar-refractivity contribution in [2.75, 3.05) is 6.79 Å². The van der Waals surface area contributed by atoms with Gasteiger partial charge in [-0.1, -0.05) is 24.3 Å². The molecule has 0 spiro atoms. The van der Waals surface area contributed by atoms with E-state index in [1.165, 1.54) is 0 Å². The smallest absolute Gasteiger partial charge is 0.224 e. The quantitative estimate of drug-likeness (QED) is 0.806. The molecule has 94 valence electrons. The Labute approximate surface area is 105 Å². The maximum atomic E-state index is 11.3. The van der Waals surface area contributed by atoms with Gasteiger partial charge >= 0.3 is 0 Å². The Morgan fingerprint density at radius 2 is 2.17 bits per heavy atom. The first-order chi connectivity index (χ1) is 8.63.